The van der Waals surface area contributed by atoms with Gasteiger partial charge in [0.15, 0.2) is 0 Å². The van der Waals surface area contributed by atoms with Crippen LogP contribution in [-0.2, 0) is 0 Å². The van der Waals surface area contributed by atoms with Gasteiger partial charge >= 0.3 is 6.18 Å². The van der Waals surface area contributed by atoms with Gasteiger partial charge in [0.1, 0.15) is 0 Å². The summed E-state index contributed by atoms with van der Waals surface area (Å²) in [5.74, 6) is 0. The molecule has 0 atom stereocenters. The van der Waals surface area contributed by atoms with Crippen molar-refractivity contribution >= 4 is 0 Å². The number of hydrogen-bond acceptors (Lipinski definition) is 0. The van der Waals surface area contributed by atoms with Crippen LogP contribution in [0.15, 0.2) is 0 Å². The molecule has 0 unspecified atom stereocenters. The molecule has 0 radical (unpaired) electrons. The molecule has 0 bridgehead atoms. The molecule has 1 nitrogen and oxygen atoms in total. The van der Waals surface area contributed by atoms with E-state index in [1.54, 1.807) is 6.92 Å². The van der Waals surface area contributed by atoms with Crippen LogP contribution in [0, 0.1) is 0 Å². The van der Waals surface area contributed by atoms with Gasteiger partial charge in [0.05, 0.1) is 0 Å². The highest BCUT2D eigenvalue weighted by atomic mass is 19.4. The van der Waals surface area contributed by atoms with Crippen molar-refractivity contribution in [2.45, 2.75) is 13.1 Å². The van der Waals surface area contributed by atoms with Crippen molar-refractivity contribution in [3.8, 4) is 0 Å². The SMILES string of the molecule is CC[N-]CC(F)(F)F. The van der Waals surface area contributed by atoms with Gasteiger partial charge in [-0.05, 0) is 0 Å². The average molecular weight is 126 g/mol. The molecule has 0 aromatic heterocycles. The maximum Gasteiger partial charge on any atom is 0.371 e. The summed E-state index contributed by atoms with van der Waals surface area (Å²) in [4.78, 5) is 0. The van der Waals surface area contributed by atoms with Gasteiger partial charge in [-0.1, -0.05) is 13.5 Å². The lowest BCUT2D eigenvalue weighted by atomic mass is 10.6. The minimum absolute atomic E-state index is 0.236. The second-order valence-corrected chi connectivity index (χ2v) is 1.31. The van der Waals surface area contributed by atoms with Crippen molar-refractivity contribution in [1.29, 1.82) is 0 Å². The summed E-state index contributed by atoms with van der Waals surface area (Å²) < 4.78 is 33.4. The molecule has 50 valence electrons. The van der Waals surface area contributed by atoms with Gasteiger partial charge in [-0.25, -0.2) is 0 Å². The molecular weight excluding hydrogens is 119 g/mol. The number of nitrogens with zero attached hydrogens (tertiary/aromatic N) is 1. The van der Waals surface area contributed by atoms with Crippen LogP contribution in [0.2, 0.25) is 0 Å². The highest BCUT2D eigenvalue weighted by molar-refractivity contribution is 4.79. The van der Waals surface area contributed by atoms with Crippen LogP contribution in [0.1, 0.15) is 6.92 Å². The van der Waals surface area contributed by atoms with E-state index in [4.69, 9.17) is 0 Å². The Kier molecular flexibility index (Phi) is 2.82. The van der Waals surface area contributed by atoms with E-state index in [1.165, 1.54) is 0 Å². The van der Waals surface area contributed by atoms with E-state index >= 15 is 0 Å². The molecule has 0 aromatic rings. The highest BCUT2D eigenvalue weighted by Crippen LogP contribution is 2.16. The van der Waals surface area contributed by atoms with Crippen molar-refractivity contribution in [2.24, 2.45) is 0 Å². The van der Waals surface area contributed by atoms with Gasteiger partial charge in [-0.3, -0.25) is 0 Å². The van der Waals surface area contributed by atoms with Crippen LogP contribution in [0.25, 0.3) is 5.32 Å². The first kappa shape index (κ1) is 7.75. The zero-order valence-corrected chi connectivity index (χ0v) is 4.50. The fourth-order valence-corrected chi connectivity index (χ4v) is 0.239. The van der Waals surface area contributed by atoms with Crippen molar-refractivity contribution < 1.29 is 13.2 Å². The van der Waals surface area contributed by atoms with Gasteiger partial charge in [-0.15, -0.1) is 0 Å². The Labute approximate surface area is 45.9 Å². The minimum Gasteiger partial charge on any atom is -0.655 e. The number of hydrogen-bond donors (Lipinski definition) is 0. The number of halogens is 3. The zero-order valence-electron chi connectivity index (χ0n) is 4.50. The molecule has 0 aliphatic carbocycles. The average Bonchev–Trinajstić information content (AvgIpc) is 1.59. The maximum atomic E-state index is 11.1. The van der Waals surface area contributed by atoms with Crippen molar-refractivity contribution in [2.75, 3.05) is 13.1 Å². The Morgan fingerprint density at radius 3 is 2.00 bits per heavy atom. The lowest BCUT2D eigenvalue weighted by molar-refractivity contribution is -0.113. The van der Waals surface area contributed by atoms with Crippen LogP contribution < -0.4 is 0 Å². The molecule has 0 aromatic carbocycles. The summed E-state index contributed by atoms with van der Waals surface area (Å²) in [5, 5.41) is 3.12. The molecule has 0 saturated heterocycles. The molecule has 0 aliphatic heterocycles. The summed E-state index contributed by atoms with van der Waals surface area (Å²) >= 11 is 0. The monoisotopic (exact) mass is 126 g/mol. The molecular formula is C4H7F3N-. The lowest BCUT2D eigenvalue weighted by Crippen LogP contribution is -2.12. The summed E-state index contributed by atoms with van der Waals surface area (Å²) in [6.07, 6.45) is -4.12. The van der Waals surface area contributed by atoms with Gasteiger partial charge in [0.2, 0.25) is 0 Å². The van der Waals surface area contributed by atoms with E-state index in [2.05, 4.69) is 5.32 Å². The van der Waals surface area contributed by atoms with Crippen molar-refractivity contribution in [3.63, 3.8) is 0 Å². The first-order valence-electron chi connectivity index (χ1n) is 2.26. The Hall–Kier alpha value is -0.250. The topological polar surface area (TPSA) is 14.1 Å². The second kappa shape index (κ2) is 2.91. The largest absolute Gasteiger partial charge is 0.655 e. The predicted molar refractivity (Wildman–Crippen MR) is 24.8 cm³/mol. The first-order chi connectivity index (χ1) is 3.56. The van der Waals surface area contributed by atoms with Crippen LogP contribution in [0.4, 0.5) is 13.2 Å². The molecule has 0 N–H and O–H groups in total. The minimum atomic E-state index is -4.12. The summed E-state index contributed by atoms with van der Waals surface area (Å²) in [6.45, 7) is 0.800. The molecule has 4 heteroatoms. The Balaban J connectivity index is 3.11. The molecule has 0 saturated carbocycles. The fraction of sp³-hybridized carbons (Fsp3) is 1.00. The van der Waals surface area contributed by atoms with E-state index in [9.17, 15) is 13.2 Å². The Morgan fingerprint density at radius 1 is 1.38 bits per heavy atom. The molecule has 0 aliphatic rings. The second-order valence-electron chi connectivity index (χ2n) is 1.31. The first-order valence-corrected chi connectivity index (χ1v) is 2.26. The Morgan fingerprint density at radius 2 is 1.88 bits per heavy atom. The van der Waals surface area contributed by atoms with E-state index in [0.717, 1.165) is 0 Å². The molecule has 0 amide bonds. The number of rotatable bonds is 2. The summed E-state index contributed by atoms with van der Waals surface area (Å²) in [5.41, 5.74) is 0. The Bertz CT molecular complexity index is 58.8. The van der Waals surface area contributed by atoms with Gasteiger partial charge in [-0.2, -0.15) is 19.7 Å². The van der Waals surface area contributed by atoms with Crippen molar-refractivity contribution in [3.05, 3.63) is 5.32 Å². The van der Waals surface area contributed by atoms with Gasteiger partial charge in [0, 0.05) is 0 Å². The standard InChI is InChI=1S/C4H7F3N/c1-2-8-3-4(5,6)7/h2-3H2,1H3/q-1. The van der Waals surface area contributed by atoms with E-state index in [1.807, 2.05) is 0 Å². The molecule has 0 rings (SSSR count). The summed E-state index contributed by atoms with van der Waals surface area (Å²) in [7, 11) is 0. The predicted octanol–water partition coefficient (Wildman–Crippen LogP) is 1.94. The number of alkyl halides is 3. The van der Waals surface area contributed by atoms with Crippen LogP contribution in [0.5, 0.6) is 0 Å². The third-order valence-electron chi connectivity index (χ3n) is 0.515. The maximum absolute atomic E-state index is 11.1. The molecule has 8 heavy (non-hydrogen) atoms. The fourth-order valence-electron chi connectivity index (χ4n) is 0.239. The van der Waals surface area contributed by atoms with Crippen molar-refractivity contribution in [1.82, 2.24) is 0 Å². The van der Waals surface area contributed by atoms with Crippen LogP contribution in [0.3, 0.4) is 0 Å². The molecule has 0 heterocycles. The zero-order chi connectivity index (χ0) is 6.62. The third kappa shape index (κ3) is 5.75. The van der Waals surface area contributed by atoms with Crippen LogP contribution >= 0.6 is 0 Å². The highest BCUT2D eigenvalue weighted by Gasteiger charge is 2.19. The smallest absolute Gasteiger partial charge is 0.371 e. The molecule has 0 fully saturated rings. The van der Waals surface area contributed by atoms with Crippen LogP contribution in [-0.4, -0.2) is 19.3 Å². The van der Waals surface area contributed by atoms with Gasteiger partial charge in [0.25, 0.3) is 0 Å². The third-order valence-corrected chi connectivity index (χ3v) is 0.515. The lowest BCUT2D eigenvalue weighted by Gasteiger charge is -2.17. The van der Waals surface area contributed by atoms with E-state index < -0.39 is 12.7 Å². The van der Waals surface area contributed by atoms with E-state index in [0.29, 0.717) is 0 Å². The van der Waals surface area contributed by atoms with E-state index in [-0.39, 0.29) is 6.54 Å². The summed E-state index contributed by atoms with van der Waals surface area (Å²) in [6, 6.07) is 0. The van der Waals surface area contributed by atoms with Gasteiger partial charge < -0.3 is 5.32 Å². The molecule has 0 spiro atoms. The quantitative estimate of drug-likeness (QED) is 0.536. The normalized spacial score (nSPS) is 12.0.